The third kappa shape index (κ3) is 3.54. The minimum absolute atomic E-state index is 0.275. The standard InChI is InChI=1S/C16H19FN2O/c1-4-18-10-13-6-8-16(19-12(13)3)20-14-7-5-11(2)15(17)9-14/h5-9,18H,4,10H2,1-3H3. The Morgan fingerprint density at radius 2 is 2.00 bits per heavy atom. The number of halogens is 1. The summed E-state index contributed by atoms with van der Waals surface area (Å²) < 4.78 is 19.0. The van der Waals surface area contributed by atoms with Crippen LogP contribution in [-0.4, -0.2) is 11.5 Å². The predicted molar refractivity (Wildman–Crippen MR) is 77.6 cm³/mol. The zero-order valence-electron chi connectivity index (χ0n) is 12.0. The molecule has 3 nitrogen and oxygen atoms in total. The van der Waals surface area contributed by atoms with Gasteiger partial charge >= 0.3 is 0 Å². The van der Waals surface area contributed by atoms with Crippen molar-refractivity contribution in [1.82, 2.24) is 10.3 Å². The third-order valence-electron chi connectivity index (χ3n) is 3.10. The zero-order valence-corrected chi connectivity index (χ0v) is 12.0. The average molecular weight is 274 g/mol. The molecule has 1 aromatic carbocycles. The van der Waals surface area contributed by atoms with Gasteiger partial charge in [-0.15, -0.1) is 0 Å². The number of ether oxygens (including phenoxy) is 1. The number of benzene rings is 1. The molecule has 20 heavy (non-hydrogen) atoms. The van der Waals surface area contributed by atoms with Crippen molar-refractivity contribution in [2.45, 2.75) is 27.3 Å². The van der Waals surface area contributed by atoms with Gasteiger partial charge in [0.1, 0.15) is 11.6 Å². The van der Waals surface area contributed by atoms with Gasteiger partial charge < -0.3 is 10.1 Å². The Hall–Kier alpha value is -1.94. The summed E-state index contributed by atoms with van der Waals surface area (Å²) in [5, 5.41) is 3.26. The van der Waals surface area contributed by atoms with Crippen LogP contribution in [-0.2, 0) is 6.54 Å². The molecule has 0 bridgehead atoms. The fourth-order valence-electron chi connectivity index (χ4n) is 1.83. The van der Waals surface area contributed by atoms with Crippen LogP contribution in [0.4, 0.5) is 4.39 Å². The molecule has 4 heteroatoms. The van der Waals surface area contributed by atoms with E-state index in [1.807, 2.05) is 13.0 Å². The SMILES string of the molecule is CCNCc1ccc(Oc2ccc(C)c(F)c2)nc1C. The molecule has 0 radical (unpaired) electrons. The van der Waals surface area contributed by atoms with Gasteiger partial charge in [-0.25, -0.2) is 9.37 Å². The van der Waals surface area contributed by atoms with Crippen LogP contribution in [0.15, 0.2) is 30.3 Å². The Morgan fingerprint density at radius 3 is 2.65 bits per heavy atom. The molecule has 0 spiro atoms. The topological polar surface area (TPSA) is 34.1 Å². The summed E-state index contributed by atoms with van der Waals surface area (Å²) in [6, 6.07) is 8.58. The van der Waals surface area contributed by atoms with Crippen LogP contribution in [0.1, 0.15) is 23.7 Å². The second kappa shape index (κ2) is 6.48. The monoisotopic (exact) mass is 274 g/mol. The highest BCUT2D eigenvalue weighted by molar-refractivity contribution is 5.32. The van der Waals surface area contributed by atoms with Crippen molar-refractivity contribution in [3.8, 4) is 11.6 Å². The van der Waals surface area contributed by atoms with E-state index in [2.05, 4.69) is 17.2 Å². The fourth-order valence-corrected chi connectivity index (χ4v) is 1.83. The molecular weight excluding hydrogens is 255 g/mol. The van der Waals surface area contributed by atoms with Crippen molar-refractivity contribution in [1.29, 1.82) is 0 Å². The number of nitrogens with zero attached hydrogens (tertiary/aromatic N) is 1. The van der Waals surface area contributed by atoms with Crippen molar-refractivity contribution >= 4 is 0 Å². The first-order valence-corrected chi connectivity index (χ1v) is 6.71. The molecule has 106 valence electrons. The number of nitrogens with one attached hydrogen (secondary N) is 1. The van der Waals surface area contributed by atoms with Crippen molar-refractivity contribution in [2.75, 3.05) is 6.54 Å². The van der Waals surface area contributed by atoms with Gasteiger partial charge in [0.15, 0.2) is 0 Å². The predicted octanol–water partition coefficient (Wildman–Crippen LogP) is 3.74. The Balaban J connectivity index is 2.13. The molecule has 0 atom stereocenters. The highest BCUT2D eigenvalue weighted by Crippen LogP contribution is 2.22. The number of aryl methyl sites for hydroxylation is 2. The number of aromatic nitrogens is 1. The highest BCUT2D eigenvalue weighted by atomic mass is 19.1. The number of rotatable bonds is 5. The van der Waals surface area contributed by atoms with Crippen LogP contribution < -0.4 is 10.1 Å². The largest absolute Gasteiger partial charge is 0.439 e. The Kier molecular flexibility index (Phi) is 4.69. The van der Waals surface area contributed by atoms with E-state index in [0.717, 1.165) is 24.3 Å². The van der Waals surface area contributed by atoms with Crippen LogP contribution in [0.25, 0.3) is 0 Å². The van der Waals surface area contributed by atoms with E-state index in [1.54, 1.807) is 25.1 Å². The molecule has 0 amide bonds. The molecular formula is C16H19FN2O. The van der Waals surface area contributed by atoms with E-state index >= 15 is 0 Å². The van der Waals surface area contributed by atoms with E-state index < -0.39 is 0 Å². The highest BCUT2D eigenvalue weighted by Gasteiger charge is 2.05. The van der Waals surface area contributed by atoms with Crippen LogP contribution >= 0.6 is 0 Å². The lowest BCUT2D eigenvalue weighted by Crippen LogP contribution is -2.13. The van der Waals surface area contributed by atoms with Gasteiger partial charge in [0.25, 0.3) is 0 Å². The van der Waals surface area contributed by atoms with Gasteiger partial charge in [-0.05, 0) is 37.6 Å². The molecule has 0 saturated heterocycles. The number of hydrogen-bond donors (Lipinski definition) is 1. The molecule has 1 heterocycles. The zero-order chi connectivity index (χ0) is 14.5. The first kappa shape index (κ1) is 14.5. The lowest BCUT2D eigenvalue weighted by atomic mass is 10.2. The molecule has 0 fully saturated rings. The second-order valence-corrected chi connectivity index (χ2v) is 4.69. The van der Waals surface area contributed by atoms with Crippen LogP contribution in [0.2, 0.25) is 0 Å². The summed E-state index contributed by atoms with van der Waals surface area (Å²) in [5.74, 6) is 0.661. The molecule has 0 unspecified atom stereocenters. The van der Waals surface area contributed by atoms with Crippen molar-refractivity contribution < 1.29 is 9.13 Å². The lowest BCUT2D eigenvalue weighted by molar-refractivity contribution is 0.455. The quantitative estimate of drug-likeness (QED) is 0.902. The van der Waals surface area contributed by atoms with Gasteiger partial charge in [-0.2, -0.15) is 0 Å². The van der Waals surface area contributed by atoms with Crippen LogP contribution in [0, 0.1) is 19.7 Å². The summed E-state index contributed by atoms with van der Waals surface area (Å²) in [4.78, 5) is 4.39. The molecule has 1 N–H and O–H groups in total. The van der Waals surface area contributed by atoms with E-state index in [9.17, 15) is 4.39 Å². The van der Waals surface area contributed by atoms with Crippen LogP contribution in [0.5, 0.6) is 11.6 Å². The number of hydrogen-bond acceptors (Lipinski definition) is 3. The summed E-state index contributed by atoms with van der Waals surface area (Å²) in [5.41, 5.74) is 2.65. The first-order chi connectivity index (χ1) is 9.60. The normalized spacial score (nSPS) is 10.6. The maximum atomic E-state index is 13.5. The lowest BCUT2D eigenvalue weighted by Gasteiger charge is -2.09. The molecule has 0 aliphatic heterocycles. The minimum Gasteiger partial charge on any atom is -0.439 e. The van der Waals surface area contributed by atoms with Gasteiger partial charge in [-0.3, -0.25) is 0 Å². The molecule has 1 aromatic heterocycles. The summed E-state index contributed by atoms with van der Waals surface area (Å²) in [7, 11) is 0. The summed E-state index contributed by atoms with van der Waals surface area (Å²) >= 11 is 0. The van der Waals surface area contributed by atoms with Crippen molar-refractivity contribution in [3.63, 3.8) is 0 Å². The van der Waals surface area contributed by atoms with Gasteiger partial charge in [0.2, 0.25) is 5.88 Å². The van der Waals surface area contributed by atoms with Crippen LogP contribution in [0.3, 0.4) is 0 Å². The van der Waals surface area contributed by atoms with Gasteiger partial charge in [0, 0.05) is 24.4 Å². The molecule has 0 saturated carbocycles. The Morgan fingerprint density at radius 1 is 1.20 bits per heavy atom. The van der Waals surface area contributed by atoms with Crippen molar-refractivity contribution in [3.05, 3.63) is 53.0 Å². The van der Waals surface area contributed by atoms with E-state index in [0.29, 0.717) is 17.2 Å². The maximum Gasteiger partial charge on any atom is 0.219 e. The smallest absolute Gasteiger partial charge is 0.219 e. The number of pyridine rings is 1. The summed E-state index contributed by atoms with van der Waals surface area (Å²) in [6.07, 6.45) is 0. The van der Waals surface area contributed by atoms with E-state index in [4.69, 9.17) is 4.74 Å². The summed E-state index contributed by atoms with van der Waals surface area (Å²) in [6.45, 7) is 7.42. The second-order valence-electron chi connectivity index (χ2n) is 4.69. The van der Waals surface area contributed by atoms with Crippen molar-refractivity contribution in [2.24, 2.45) is 0 Å². The molecule has 2 aromatic rings. The Bertz CT molecular complexity index is 599. The fraction of sp³-hybridized carbons (Fsp3) is 0.312. The van der Waals surface area contributed by atoms with Gasteiger partial charge in [-0.1, -0.05) is 19.1 Å². The average Bonchev–Trinajstić information content (AvgIpc) is 2.42. The Labute approximate surface area is 118 Å². The first-order valence-electron chi connectivity index (χ1n) is 6.71. The van der Waals surface area contributed by atoms with E-state index in [-0.39, 0.29) is 5.82 Å². The molecule has 0 aliphatic carbocycles. The minimum atomic E-state index is -0.275. The maximum absolute atomic E-state index is 13.5. The molecule has 2 rings (SSSR count). The molecule has 0 aliphatic rings. The third-order valence-corrected chi connectivity index (χ3v) is 3.10. The van der Waals surface area contributed by atoms with E-state index in [1.165, 1.54) is 6.07 Å². The van der Waals surface area contributed by atoms with Gasteiger partial charge in [0.05, 0.1) is 0 Å².